The molecule has 0 spiro atoms. The Morgan fingerprint density at radius 2 is 1.61 bits per heavy atom. The normalized spacial score (nSPS) is 23.8. The van der Waals surface area contributed by atoms with E-state index in [4.69, 9.17) is 4.74 Å². The Kier molecular flexibility index (Phi) is 3.27. The summed E-state index contributed by atoms with van der Waals surface area (Å²) in [6, 6.07) is 0.422. The first-order valence-corrected chi connectivity index (χ1v) is 6.34. The van der Waals surface area contributed by atoms with Crippen LogP contribution in [-0.2, 0) is 0 Å². The molecule has 1 aromatic heterocycles. The molecule has 100 valence electrons. The average molecular weight is 250 g/mol. The van der Waals surface area contributed by atoms with Gasteiger partial charge in [0.15, 0.2) is 0 Å². The zero-order valence-corrected chi connectivity index (χ0v) is 11.8. The van der Waals surface area contributed by atoms with E-state index in [0.29, 0.717) is 6.01 Å². The Balaban J connectivity index is 2.12. The maximum Gasteiger partial charge on any atom is 0.319 e. The van der Waals surface area contributed by atoms with E-state index < -0.39 is 0 Å². The van der Waals surface area contributed by atoms with E-state index in [2.05, 4.69) is 54.6 Å². The SMILES string of the molecule is CN1C(C)(C)CC(Oc2ncncn2)CC1(C)C. The molecule has 1 saturated heterocycles. The van der Waals surface area contributed by atoms with E-state index >= 15 is 0 Å². The zero-order chi connectivity index (χ0) is 13.4. The largest absolute Gasteiger partial charge is 0.460 e. The third-order valence-electron chi connectivity index (χ3n) is 4.01. The van der Waals surface area contributed by atoms with E-state index in [1.54, 1.807) is 0 Å². The molecule has 0 N–H and O–H groups in total. The Bertz CT molecular complexity index is 387. The van der Waals surface area contributed by atoms with Crippen molar-refractivity contribution in [2.75, 3.05) is 7.05 Å². The summed E-state index contributed by atoms with van der Waals surface area (Å²) in [4.78, 5) is 14.3. The van der Waals surface area contributed by atoms with Crippen molar-refractivity contribution in [3.8, 4) is 6.01 Å². The summed E-state index contributed by atoms with van der Waals surface area (Å²) in [5.74, 6) is 0. The van der Waals surface area contributed by atoms with Gasteiger partial charge in [0, 0.05) is 23.9 Å². The highest BCUT2D eigenvalue weighted by Crippen LogP contribution is 2.37. The van der Waals surface area contributed by atoms with Crippen LogP contribution in [0.5, 0.6) is 6.01 Å². The van der Waals surface area contributed by atoms with Crippen LogP contribution >= 0.6 is 0 Å². The molecule has 0 radical (unpaired) electrons. The number of hydrogen-bond acceptors (Lipinski definition) is 5. The monoisotopic (exact) mass is 250 g/mol. The Morgan fingerprint density at radius 1 is 1.11 bits per heavy atom. The highest BCUT2D eigenvalue weighted by molar-refractivity contribution is 5.01. The van der Waals surface area contributed by atoms with Gasteiger partial charge in [-0.1, -0.05) is 0 Å². The standard InChI is InChI=1S/C13H22N4O/c1-12(2)6-10(7-13(3,4)17(12)5)18-11-15-8-14-9-16-11/h8-10H,6-7H2,1-5H3. The summed E-state index contributed by atoms with van der Waals surface area (Å²) < 4.78 is 5.89. The molecule has 0 saturated carbocycles. The van der Waals surface area contributed by atoms with Gasteiger partial charge in [-0.05, 0) is 34.7 Å². The predicted molar refractivity (Wildman–Crippen MR) is 69.4 cm³/mol. The van der Waals surface area contributed by atoms with E-state index in [-0.39, 0.29) is 17.2 Å². The molecule has 0 bridgehead atoms. The molecule has 0 amide bonds. The van der Waals surface area contributed by atoms with Gasteiger partial charge in [0.25, 0.3) is 0 Å². The minimum absolute atomic E-state index is 0.111. The van der Waals surface area contributed by atoms with Gasteiger partial charge in [0.1, 0.15) is 18.8 Å². The molecular formula is C13H22N4O. The number of piperidine rings is 1. The van der Waals surface area contributed by atoms with Crippen molar-refractivity contribution >= 4 is 0 Å². The van der Waals surface area contributed by atoms with Crippen LogP contribution < -0.4 is 4.74 Å². The summed E-state index contributed by atoms with van der Waals surface area (Å²) in [5, 5.41) is 0. The highest BCUT2D eigenvalue weighted by atomic mass is 16.5. The lowest BCUT2D eigenvalue weighted by atomic mass is 9.79. The third kappa shape index (κ3) is 2.61. The average Bonchev–Trinajstić information content (AvgIpc) is 2.26. The van der Waals surface area contributed by atoms with Crippen molar-refractivity contribution in [1.29, 1.82) is 0 Å². The molecule has 0 aromatic carbocycles. The number of nitrogens with zero attached hydrogens (tertiary/aromatic N) is 4. The minimum Gasteiger partial charge on any atom is -0.460 e. The summed E-state index contributed by atoms with van der Waals surface area (Å²) in [6.07, 6.45) is 5.02. The molecule has 1 aromatic rings. The fourth-order valence-electron chi connectivity index (χ4n) is 2.80. The van der Waals surface area contributed by atoms with Crippen LogP contribution in [0.3, 0.4) is 0 Å². The summed E-state index contributed by atoms with van der Waals surface area (Å²) in [6.45, 7) is 8.99. The van der Waals surface area contributed by atoms with Gasteiger partial charge in [0.05, 0.1) is 0 Å². The van der Waals surface area contributed by atoms with Crippen LogP contribution in [0.4, 0.5) is 0 Å². The first kappa shape index (κ1) is 13.2. The summed E-state index contributed by atoms with van der Waals surface area (Å²) >= 11 is 0. The third-order valence-corrected chi connectivity index (χ3v) is 4.01. The van der Waals surface area contributed by atoms with E-state index in [9.17, 15) is 0 Å². The molecule has 2 rings (SSSR count). The highest BCUT2D eigenvalue weighted by Gasteiger charge is 2.44. The van der Waals surface area contributed by atoms with Crippen molar-refractivity contribution in [2.45, 2.75) is 57.7 Å². The Labute approximate surface area is 109 Å². The van der Waals surface area contributed by atoms with Gasteiger partial charge >= 0.3 is 6.01 Å². The first-order chi connectivity index (χ1) is 8.31. The first-order valence-electron chi connectivity index (χ1n) is 6.34. The number of likely N-dealkylation sites (tertiary alicyclic amines) is 1. The molecule has 0 aliphatic carbocycles. The smallest absolute Gasteiger partial charge is 0.319 e. The lowest BCUT2D eigenvalue weighted by Gasteiger charge is -2.53. The molecule has 0 atom stereocenters. The molecule has 5 nitrogen and oxygen atoms in total. The van der Waals surface area contributed by atoms with Crippen LogP contribution in [0.15, 0.2) is 12.7 Å². The summed E-state index contributed by atoms with van der Waals surface area (Å²) in [7, 11) is 2.18. The molecule has 1 aliphatic rings. The molecule has 0 unspecified atom stereocenters. The second-order valence-electron chi connectivity index (χ2n) is 6.25. The van der Waals surface area contributed by atoms with Crippen LogP contribution in [0.2, 0.25) is 0 Å². The number of hydrogen-bond donors (Lipinski definition) is 0. The van der Waals surface area contributed by atoms with Crippen molar-refractivity contribution in [3.05, 3.63) is 12.7 Å². The van der Waals surface area contributed by atoms with Crippen LogP contribution in [0, 0.1) is 0 Å². The topological polar surface area (TPSA) is 51.1 Å². The fourth-order valence-corrected chi connectivity index (χ4v) is 2.80. The molecule has 18 heavy (non-hydrogen) atoms. The molecule has 1 fully saturated rings. The number of rotatable bonds is 2. The van der Waals surface area contributed by atoms with Gasteiger partial charge in [-0.2, -0.15) is 9.97 Å². The Hall–Kier alpha value is -1.23. The zero-order valence-electron chi connectivity index (χ0n) is 11.8. The maximum absolute atomic E-state index is 5.89. The minimum atomic E-state index is 0.111. The van der Waals surface area contributed by atoms with Crippen molar-refractivity contribution in [2.24, 2.45) is 0 Å². The van der Waals surface area contributed by atoms with E-state index in [0.717, 1.165) is 12.8 Å². The molecule has 5 heteroatoms. The Morgan fingerprint density at radius 3 is 2.11 bits per heavy atom. The fraction of sp³-hybridized carbons (Fsp3) is 0.769. The van der Waals surface area contributed by atoms with Crippen molar-refractivity contribution in [3.63, 3.8) is 0 Å². The van der Waals surface area contributed by atoms with Crippen LogP contribution in [0.1, 0.15) is 40.5 Å². The van der Waals surface area contributed by atoms with Crippen molar-refractivity contribution in [1.82, 2.24) is 19.9 Å². The molecular weight excluding hydrogens is 228 g/mol. The van der Waals surface area contributed by atoms with E-state index in [1.165, 1.54) is 12.7 Å². The quantitative estimate of drug-likeness (QED) is 0.802. The second kappa shape index (κ2) is 4.46. The van der Waals surface area contributed by atoms with Crippen molar-refractivity contribution < 1.29 is 4.74 Å². The van der Waals surface area contributed by atoms with Gasteiger partial charge in [-0.3, -0.25) is 4.90 Å². The molecule has 2 heterocycles. The number of aromatic nitrogens is 3. The second-order valence-corrected chi connectivity index (χ2v) is 6.25. The maximum atomic E-state index is 5.89. The molecule has 1 aliphatic heterocycles. The van der Waals surface area contributed by atoms with Gasteiger partial charge < -0.3 is 4.74 Å². The lowest BCUT2D eigenvalue weighted by molar-refractivity contribution is -0.0579. The van der Waals surface area contributed by atoms with Crippen LogP contribution in [-0.4, -0.2) is 44.1 Å². The lowest BCUT2D eigenvalue weighted by Crippen LogP contribution is -2.60. The summed E-state index contributed by atoms with van der Waals surface area (Å²) in [5.41, 5.74) is 0.221. The van der Waals surface area contributed by atoms with Gasteiger partial charge in [-0.15, -0.1) is 0 Å². The van der Waals surface area contributed by atoms with E-state index in [1.807, 2.05) is 0 Å². The van der Waals surface area contributed by atoms with Crippen LogP contribution in [0.25, 0.3) is 0 Å². The number of ether oxygens (including phenoxy) is 1. The van der Waals surface area contributed by atoms with Gasteiger partial charge in [-0.25, -0.2) is 4.98 Å². The van der Waals surface area contributed by atoms with Gasteiger partial charge in [0.2, 0.25) is 0 Å². The predicted octanol–water partition coefficient (Wildman–Crippen LogP) is 1.90.